The number of methoxy groups -OCH3 is 1. The molecule has 0 bridgehead atoms. The van der Waals surface area contributed by atoms with Crippen LogP contribution in [0.3, 0.4) is 0 Å². The summed E-state index contributed by atoms with van der Waals surface area (Å²) in [4.78, 5) is 15.8. The van der Waals surface area contributed by atoms with Crippen LogP contribution in [0.1, 0.15) is 25.0 Å². The highest BCUT2D eigenvalue weighted by Crippen LogP contribution is 2.26. The summed E-state index contributed by atoms with van der Waals surface area (Å²) in [5, 5.41) is 10.1. The lowest BCUT2D eigenvalue weighted by Gasteiger charge is -2.01. The van der Waals surface area contributed by atoms with E-state index in [1.165, 1.54) is 12.7 Å². The van der Waals surface area contributed by atoms with Crippen molar-refractivity contribution >= 4 is 17.8 Å². The van der Waals surface area contributed by atoms with E-state index in [1.54, 1.807) is 13.0 Å². The molecule has 4 heteroatoms. The van der Waals surface area contributed by atoms with Crippen LogP contribution in [0.5, 0.6) is 0 Å². The van der Waals surface area contributed by atoms with Gasteiger partial charge in [-0.3, -0.25) is 0 Å². The van der Waals surface area contributed by atoms with E-state index in [4.69, 9.17) is 0 Å². The predicted molar refractivity (Wildman–Crippen MR) is 78.6 cm³/mol. The Bertz CT molecular complexity index is 622. The monoisotopic (exact) mass is 271 g/mol. The second kappa shape index (κ2) is 5.74. The highest BCUT2D eigenvalue weighted by atomic mass is 16.5. The van der Waals surface area contributed by atoms with Crippen LogP contribution in [0.25, 0.3) is 6.08 Å². The molecule has 0 spiro atoms. The molecular formula is C16H17NO3. The standard InChI is InChI=1S/C16H17NO3/c1-4-11-5-7-12(8-6-11)9-13-15(18)14(10(2)17-13)16(19)20-3/h5-9,18H,4H2,1-3H3. The van der Waals surface area contributed by atoms with E-state index in [-0.39, 0.29) is 11.3 Å². The molecule has 104 valence electrons. The zero-order valence-electron chi connectivity index (χ0n) is 11.8. The molecule has 1 aromatic rings. The number of hydrogen-bond acceptors (Lipinski definition) is 4. The maximum absolute atomic E-state index is 11.6. The molecule has 1 aliphatic heterocycles. The average Bonchev–Trinajstić information content (AvgIpc) is 2.73. The highest BCUT2D eigenvalue weighted by molar-refractivity contribution is 6.21. The molecule has 0 atom stereocenters. The topological polar surface area (TPSA) is 58.9 Å². The first kappa shape index (κ1) is 14.1. The summed E-state index contributed by atoms with van der Waals surface area (Å²) in [6.07, 6.45) is 2.72. The van der Waals surface area contributed by atoms with Crippen molar-refractivity contribution in [3.05, 3.63) is 52.4 Å². The number of aliphatic hydroxyl groups excluding tert-OH is 1. The predicted octanol–water partition coefficient (Wildman–Crippen LogP) is 3.05. The number of aryl methyl sites for hydroxylation is 1. The van der Waals surface area contributed by atoms with Gasteiger partial charge in [0.15, 0.2) is 5.76 Å². The Labute approximate surface area is 118 Å². The van der Waals surface area contributed by atoms with Gasteiger partial charge in [0.1, 0.15) is 11.3 Å². The Morgan fingerprint density at radius 3 is 2.55 bits per heavy atom. The second-order valence-corrected chi connectivity index (χ2v) is 4.54. The SMILES string of the molecule is CCc1ccc(C=C2N=C(C)C(C(=O)OC)=C2O)cc1. The number of aliphatic hydroxyl groups is 1. The maximum atomic E-state index is 11.6. The lowest BCUT2D eigenvalue weighted by molar-refractivity contribution is -0.135. The number of carbonyl (C=O) groups excluding carboxylic acids is 1. The van der Waals surface area contributed by atoms with Gasteiger partial charge in [0.2, 0.25) is 0 Å². The number of ether oxygens (including phenoxy) is 1. The Morgan fingerprint density at radius 2 is 2.00 bits per heavy atom. The van der Waals surface area contributed by atoms with Crippen LogP contribution in [0.2, 0.25) is 0 Å². The lowest BCUT2D eigenvalue weighted by atomic mass is 10.1. The molecule has 0 fully saturated rings. The van der Waals surface area contributed by atoms with Gasteiger partial charge in [-0.05, 0) is 30.5 Å². The van der Waals surface area contributed by atoms with Gasteiger partial charge in [0, 0.05) is 0 Å². The van der Waals surface area contributed by atoms with E-state index in [2.05, 4.69) is 16.7 Å². The Morgan fingerprint density at radius 1 is 1.35 bits per heavy atom. The van der Waals surface area contributed by atoms with Crippen LogP contribution in [0.15, 0.2) is 46.3 Å². The number of aliphatic imine (C=N–C) groups is 1. The van der Waals surface area contributed by atoms with E-state index < -0.39 is 5.97 Å². The fourth-order valence-electron chi connectivity index (χ4n) is 2.04. The molecule has 0 amide bonds. The summed E-state index contributed by atoms with van der Waals surface area (Å²) >= 11 is 0. The van der Waals surface area contributed by atoms with Crippen LogP contribution < -0.4 is 0 Å². The van der Waals surface area contributed by atoms with Crippen molar-refractivity contribution in [3.63, 3.8) is 0 Å². The summed E-state index contributed by atoms with van der Waals surface area (Å²) in [7, 11) is 1.28. The van der Waals surface area contributed by atoms with Gasteiger partial charge < -0.3 is 9.84 Å². The zero-order chi connectivity index (χ0) is 14.7. The molecule has 20 heavy (non-hydrogen) atoms. The first-order valence-electron chi connectivity index (χ1n) is 6.45. The Balaban J connectivity index is 2.36. The van der Waals surface area contributed by atoms with Gasteiger partial charge in [-0.2, -0.15) is 0 Å². The number of carbonyl (C=O) groups is 1. The molecule has 1 heterocycles. The van der Waals surface area contributed by atoms with Crippen molar-refractivity contribution in [2.45, 2.75) is 20.3 Å². The molecule has 0 saturated heterocycles. The number of esters is 1. The largest absolute Gasteiger partial charge is 0.505 e. The van der Waals surface area contributed by atoms with E-state index in [1.807, 2.05) is 24.3 Å². The molecule has 0 radical (unpaired) electrons. The van der Waals surface area contributed by atoms with Gasteiger partial charge in [0.05, 0.1) is 12.8 Å². The summed E-state index contributed by atoms with van der Waals surface area (Å²) in [5.74, 6) is -0.706. The molecule has 0 aliphatic carbocycles. The van der Waals surface area contributed by atoms with Gasteiger partial charge in [-0.25, -0.2) is 9.79 Å². The zero-order valence-corrected chi connectivity index (χ0v) is 11.8. The number of rotatable bonds is 3. The van der Waals surface area contributed by atoms with Gasteiger partial charge in [-0.15, -0.1) is 0 Å². The van der Waals surface area contributed by atoms with Crippen molar-refractivity contribution in [1.82, 2.24) is 0 Å². The van der Waals surface area contributed by atoms with Crippen molar-refractivity contribution in [2.24, 2.45) is 4.99 Å². The molecule has 0 unspecified atom stereocenters. The second-order valence-electron chi connectivity index (χ2n) is 4.54. The summed E-state index contributed by atoms with van der Waals surface area (Å²) < 4.78 is 4.64. The van der Waals surface area contributed by atoms with Gasteiger partial charge in [0.25, 0.3) is 0 Å². The minimum Gasteiger partial charge on any atom is -0.505 e. The van der Waals surface area contributed by atoms with Gasteiger partial charge >= 0.3 is 5.97 Å². The van der Waals surface area contributed by atoms with Crippen molar-refractivity contribution in [2.75, 3.05) is 7.11 Å². The Hall–Kier alpha value is -2.36. The summed E-state index contributed by atoms with van der Waals surface area (Å²) in [6.45, 7) is 3.76. The molecule has 0 aromatic heterocycles. The molecule has 4 nitrogen and oxygen atoms in total. The number of benzene rings is 1. The van der Waals surface area contributed by atoms with Crippen LogP contribution in [-0.2, 0) is 16.0 Å². The van der Waals surface area contributed by atoms with E-state index >= 15 is 0 Å². The minimum absolute atomic E-state index is 0.129. The maximum Gasteiger partial charge on any atom is 0.343 e. The molecule has 1 N–H and O–H groups in total. The Kier molecular flexibility index (Phi) is 4.03. The molecular weight excluding hydrogens is 254 g/mol. The molecule has 1 aliphatic rings. The van der Waals surface area contributed by atoms with Gasteiger partial charge in [-0.1, -0.05) is 31.2 Å². The van der Waals surface area contributed by atoms with E-state index in [9.17, 15) is 9.90 Å². The first-order valence-corrected chi connectivity index (χ1v) is 6.45. The highest BCUT2D eigenvalue weighted by Gasteiger charge is 2.27. The van der Waals surface area contributed by atoms with Crippen LogP contribution in [-0.4, -0.2) is 23.9 Å². The molecule has 1 aromatic carbocycles. The first-order chi connectivity index (χ1) is 9.56. The smallest absolute Gasteiger partial charge is 0.343 e. The van der Waals surface area contributed by atoms with Crippen molar-refractivity contribution in [3.8, 4) is 0 Å². The fraction of sp³-hybridized carbons (Fsp3) is 0.250. The van der Waals surface area contributed by atoms with Crippen LogP contribution in [0, 0.1) is 0 Å². The van der Waals surface area contributed by atoms with Crippen LogP contribution in [0.4, 0.5) is 0 Å². The summed E-state index contributed by atoms with van der Waals surface area (Å²) in [6, 6.07) is 7.97. The fourth-order valence-corrected chi connectivity index (χ4v) is 2.04. The molecule has 2 rings (SSSR count). The summed E-state index contributed by atoms with van der Waals surface area (Å²) in [5.41, 5.74) is 3.14. The van der Waals surface area contributed by atoms with Crippen molar-refractivity contribution < 1.29 is 14.6 Å². The quantitative estimate of drug-likeness (QED) is 0.859. The lowest BCUT2D eigenvalue weighted by Crippen LogP contribution is -2.11. The number of nitrogens with zero attached hydrogens (tertiary/aromatic N) is 1. The normalized spacial score (nSPS) is 16.6. The minimum atomic E-state index is -0.575. The third-order valence-corrected chi connectivity index (χ3v) is 3.21. The van der Waals surface area contributed by atoms with E-state index in [0.29, 0.717) is 11.4 Å². The van der Waals surface area contributed by atoms with E-state index in [0.717, 1.165) is 12.0 Å². The average molecular weight is 271 g/mol. The number of hydrogen-bond donors (Lipinski definition) is 1. The third kappa shape index (κ3) is 2.64. The molecule has 0 saturated carbocycles. The van der Waals surface area contributed by atoms with Crippen LogP contribution >= 0.6 is 0 Å². The van der Waals surface area contributed by atoms with Crippen molar-refractivity contribution in [1.29, 1.82) is 0 Å². The third-order valence-electron chi connectivity index (χ3n) is 3.21.